The highest BCUT2D eigenvalue weighted by Crippen LogP contribution is 2.23. The normalized spacial score (nSPS) is 13.4. The fraction of sp³-hybridized carbons (Fsp3) is 0.588. The Morgan fingerprint density at radius 3 is 2.25 bits per heavy atom. The van der Waals surface area contributed by atoms with Crippen molar-refractivity contribution in [2.75, 3.05) is 13.1 Å². The summed E-state index contributed by atoms with van der Waals surface area (Å²) >= 11 is 0. The molecule has 3 N–H and O–H groups in total. The first-order valence-corrected chi connectivity index (χ1v) is 9.65. The maximum absolute atomic E-state index is 13.0. The first-order valence-electron chi connectivity index (χ1n) is 8.21. The molecule has 0 amide bonds. The van der Waals surface area contributed by atoms with Crippen LogP contribution in [0.15, 0.2) is 29.2 Å². The lowest BCUT2D eigenvalue weighted by Crippen LogP contribution is -2.46. The Kier molecular flexibility index (Phi) is 7.86. The second kappa shape index (κ2) is 9.15. The molecule has 1 aromatic carbocycles. The molecule has 0 aromatic heterocycles. The number of hydrogen-bond donors (Lipinski definition) is 2. The van der Waals surface area contributed by atoms with Crippen molar-refractivity contribution in [1.82, 2.24) is 4.31 Å². The highest BCUT2D eigenvalue weighted by molar-refractivity contribution is 7.89. The number of nitrogens with zero attached hydrogens (tertiary/aromatic N) is 1. The van der Waals surface area contributed by atoms with Crippen LogP contribution >= 0.6 is 0 Å². The first-order chi connectivity index (χ1) is 11.2. The topological polar surface area (TPSA) is 101 Å². The fourth-order valence-electron chi connectivity index (χ4n) is 2.47. The molecule has 0 aliphatic heterocycles. The van der Waals surface area contributed by atoms with E-state index in [9.17, 15) is 18.3 Å². The Bertz CT molecular complexity index is 626. The third-order valence-corrected chi connectivity index (χ3v) is 5.63. The van der Waals surface area contributed by atoms with Gasteiger partial charge in [0, 0.05) is 6.54 Å². The van der Waals surface area contributed by atoms with Crippen molar-refractivity contribution < 1.29 is 18.3 Å². The molecule has 0 radical (unpaired) electrons. The molecule has 0 unspecified atom stereocenters. The molecule has 24 heavy (non-hydrogen) atoms. The average Bonchev–Trinajstić information content (AvgIpc) is 2.49. The van der Waals surface area contributed by atoms with Crippen LogP contribution in [0.5, 0.6) is 0 Å². The van der Waals surface area contributed by atoms with E-state index in [1.54, 1.807) is 12.1 Å². The van der Waals surface area contributed by atoms with Crippen molar-refractivity contribution in [3.8, 4) is 0 Å². The highest BCUT2D eigenvalue weighted by Gasteiger charge is 2.35. The van der Waals surface area contributed by atoms with Gasteiger partial charge >= 0.3 is 5.97 Å². The number of unbranched alkanes of at least 4 members (excludes halogenated alkanes) is 1. The van der Waals surface area contributed by atoms with Crippen molar-refractivity contribution in [3.05, 3.63) is 29.8 Å². The molecule has 0 aliphatic rings. The minimum absolute atomic E-state index is 0.0154. The summed E-state index contributed by atoms with van der Waals surface area (Å²) in [5.74, 6) is -1.11. The number of benzene rings is 1. The minimum atomic E-state index is -3.87. The highest BCUT2D eigenvalue weighted by atomic mass is 32.2. The molecule has 136 valence electrons. The Morgan fingerprint density at radius 1 is 1.21 bits per heavy atom. The third kappa shape index (κ3) is 5.58. The van der Waals surface area contributed by atoms with Gasteiger partial charge in [0.1, 0.15) is 6.04 Å². The van der Waals surface area contributed by atoms with Crippen molar-refractivity contribution in [2.45, 2.75) is 51.0 Å². The summed E-state index contributed by atoms with van der Waals surface area (Å²) < 4.78 is 27.1. The molecule has 0 saturated heterocycles. The van der Waals surface area contributed by atoms with Crippen LogP contribution in [0.25, 0.3) is 0 Å². The molecule has 7 heteroatoms. The van der Waals surface area contributed by atoms with E-state index in [-0.39, 0.29) is 23.8 Å². The molecule has 1 aromatic rings. The van der Waals surface area contributed by atoms with Crippen LogP contribution in [0.2, 0.25) is 0 Å². The Balaban J connectivity index is 3.21. The minimum Gasteiger partial charge on any atom is -0.480 e. The first kappa shape index (κ1) is 20.6. The van der Waals surface area contributed by atoms with Crippen molar-refractivity contribution in [1.29, 1.82) is 0 Å². The Morgan fingerprint density at radius 2 is 1.79 bits per heavy atom. The number of carboxylic acids is 1. The molecule has 1 rings (SSSR count). The number of nitrogens with two attached hydrogens (primary N) is 1. The van der Waals surface area contributed by atoms with Crippen molar-refractivity contribution >= 4 is 16.0 Å². The predicted molar refractivity (Wildman–Crippen MR) is 94.2 cm³/mol. The van der Waals surface area contributed by atoms with Crippen molar-refractivity contribution in [2.24, 2.45) is 11.7 Å². The zero-order valence-corrected chi connectivity index (χ0v) is 15.4. The van der Waals surface area contributed by atoms with Crippen LogP contribution in [-0.4, -0.2) is 42.9 Å². The Labute approximate surface area is 144 Å². The number of hydrogen-bond acceptors (Lipinski definition) is 4. The molecule has 0 spiro atoms. The summed E-state index contributed by atoms with van der Waals surface area (Å²) in [4.78, 5) is 11.8. The van der Waals surface area contributed by atoms with Gasteiger partial charge in [0.05, 0.1) is 4.90 Å². The second-order valence-electron chi connectivity index (χ2n) is 6.42. The third-order valence-electron chi connectivity index (χ3n) is 3.74. The van der Waals surface area contributed by atoms with Gasteiger partial charge < -0.3 is 10.8 Å². The van der Waals surface area contributed by atoms with E-state index in [1.165, 1.54) is 12.1 Å². The van der Waals surface area contributed by atoms with Crippen molar-refractivity contribution in [3.63, 3.8) is 0 Å². The number of aliphatic carboxylic acids is 1. The molecule has 0 saturated carbocycles. The van der Waals surface area contributed by atoms with Crippen LogP contribution < -0.4 is 5.73 Å². The predicted octanol–water partition coefficient (Wildman–Crippen LogP) is 2.22. The van der Waals surface area contributed by atoms with E-state index in [0.29, 0.717) is 19.4 Å². The van der Waals surface area contributed by atoms with Gasteiger partial charge in [-0.25, -0.2) is 8.42 Å². The zero-order chi connectivity index (χ0) is 18.3. The number of aryl methyl sites for hydroxylation is 1. The maximum atomic E-state index is 13.0. The van der Waals surface area contributed by atoms with Gasteiger partial charge in [-0.3, -0.25) is 4.79 Å². The summed E-state index contributed by atoms with van der Waals surface area (Å²) in [5.41, 5.74) is 6.41. The van der Waals surface area contributed by atoms with Crippen LogP contribution in [0.1, 0.15) is 38.7 Å². The van der Waals surface area contributed by atoms with Gasteiger partial charge in [-0.2, -0.15) is 4.31 Å². The van der Waals surface area contributed by atoms with E-state index < -0.39 is 22.0 Å². The van der Waals surface area contributed by atoms with Gasteiger partial charge in [0.2, 0.25) is 10.0 Å². The van der Waals surface area contributed by atoms with Gasteiger partial charge in [-0.15, -0.1) is 0 Å². The van der Waals surface area contributed by atoms with Crippen LogP contribution in [0.3, 0.4) is 0 Å². The van der Waals surface area contributed by atoms with E-state index in [2.05, 4.69) is 0 Å². The smallest absolute Gasteiger partial charge is 0.322 e. The molecule has 1 atom stereocenters. The Hall–Kier alpha value is -1.44. The number of carbonyl (C=O) groups is 1. The van der Waals surface area contributed by atoms with E-state index in [4.69, 9.17) is 5.73 Å². The van der Waals surface area contributed by atoms with Crippen LogP contribution in [0, 0.1) is 12.8 Å². The molecule has 0 bridgehead atoms. The van der Waals surface area contributed by atoms with E-state index >= 15 is 0 Å². The lowest BCUT2D eigenvalue weighted by Gasteiger charge is -2.29. The summed E-state index contributed by atoms with van der Waals surface area (Å²) in [7, 11) is -3.87. The molecule has 0 fully saturated rings. The number of rotatable bonds is 10. The lowest BCUT2D eigenvalue weighted by molar-refractivity contribution is -0.141. The van der Waals surface area contributed by atoms with E-state index in [1.807, 2.05) is 20.8 Å². The molecule has 0 heterocycles. The van der Waals surface area contributed by atoms with Gasteiger partial charge in [0.25, 0.3) is 0 Å². The second-order valence-corrected chi connectivity index (χ2v) is 8.31. The standard InChI is InChI=1S/C17H28N2O4S/c1-13(2)12-19(16(17(20)21)6-4-5-11-18)24(22,23)15-9-7-14(3)8-10-15/h7-10,13,16H,4-6,11-12,18H2,1-3H3,(H,20,21)/t16-/m0/s1. The molecule has 0 aliphatic carbocycles. The summed E-state index contributed by atoms with van der Waals surface area (Å²) in [6.07, 6.45) is 1.50. The zero-order valence-electron chi connectivity index (χ0n) is 14.6. The summed E-state index contributed by atoms with van der Waals surface area (Å²) in [6.45, 7) is 6.24. The molecular weight excluding hydrogens is 328 g/mol. The van der Waals surface area contributed by atoms with Crippen LogP contribution in [0.4, 0.5) is 0 Å². The lowest BCUT2D eigenvalue weighted by atomic mass is 10.1. The fourth-order valence-corrected chi connectivity index (χ4v) is 4.25. The van der Waals surface area contributed by atoms with Crippen LogP contribution in [-0.2, 0) is 14.8 Å². The monoisotopic (exact) mass is 356 g/mol. The molecule has 6 nitrogen and oxygen atoms in total. The van der Waals surface area contributed by atoms with E-state index in [0.717, 1.165) is 9.87 Å². The van der Waals surface area contributed by atoms with Gasteiger partial charge in [0.15, 0.2) is 0 Å². The maximum Gasteiger partial charge on any atom is 0.322 e. The number of carboxylic acid groups (broad SMARTS) is 1. The van der Waals surface area contributed by atoms with Gasteiger partial charge in [-0.1, -0.05) is 31.5 Å². The molecular formula is C17H28N2O4S. The SMILES string of the molecule is Cc1ccc(S(=O)(=O)N(CC(C)C)[C@@H](CCCCN)C(=O)O)cc1. The average molecular weight is 356 g/mol. The summed E-state index contributed by atoms with van der Waals surface area (Å²) in [6, 6.07) is 5.40. The quantitative estimate of drug-likeness (QED) is 0.626. The number of sulfonamides is 1. The summed E-state index contributed by atoms with van der Waals surface area (Å²) in [5, 5.41) is 9.57. The van der Waals surface area contributed by atoms with Gasteiger partial charge in [-0.05, 0) is 50.8 Å². The largest absolute Gasteiger partial charge is 0.480 e.